The summed E-state index contributed by atoms with van der Waals surface area (Å²) < 4.78 is 4.86. The largest absolute Gasteiger partial charge is 0.382 e. The fourth-order valence-electron chi connectivity index (χ4n) is 1.48. The van der Waals surface area contributed by atoms with Crippen LogP contribution < -0.4 is 0 Å². The van der Waals surface area contributed by atoms with Gasteiger partial charge in [-0.15, -0.1) is 0 Å². The van der Waals surface area contributed by atoms with E-state index in [1.165, 1.54) is 0 Å². The van der Waals surface area contributed by atoms with Crippen molar-refractivity contribution in [2.75, 3.05) is 13.7 Å². The van der Waals surface area contributed by atoms with E-state index in [0.29, 0.717) is 12.2 Å². The zero-order valence-corrected chi connectivity index (χ0v) is 10.6. The van der Waals surface area contributed by atoms with Crippen LogP contribution in [-0.2, 0) is 14.5 Å². The lowest BCUT2D eigenvalue weighted by Crippen LogP contribution is -2.18. The number of hydrogen-bond acceptors (Lipinski definition) is 4. The molecule has 0 aliphatic heterocycles. The van der Waals surface area contributed by atoms with E-state index in [0.717, 1.165) is 11.1 Å². The van der Waals surface area contributed by atoms with Crippen LogP contribution in [0.25, 0.3) is 0 Å². The van der Waals surface area contributed by atoms with E-state index < -0.39 is 5.97 Å². The van der Waals surface area contributed by atoms with Gasteiger partial charge in [0.1, 0.15) is 6.10 Å². The first-order valence-corrected chi connectivity index (χ1v) is 5.48. The van der Waals surface area contributed by atoms with E-state index in [1.54, 1.807) is 20.1 Å². The van der Waals surface area contributed by atoms with Gasteiger partial charge in [0.2, 0.25) is 0 Å². The van der Waals surface area contributed by atoms with Crippen LogP contribution in [0.3, 0.4) is 0 Å². The first kappa shape index (κ1) is 13.7. The van der Waals surface area contributed by atoms with Gasteiger partial charge in [0.05, 0.1) is 12.2 Å². The topological polar surface area (TPSA) is 44.8 Å². The van der Waals surface area contributed by atoms with Crippen LogP contribution in [0, 0.1) is 13.8 Å². The fraction of sp³-hybridized carbons (Fsp3) is 0.462. The highest BCUT2D eigenvalue weighted by Crippen LogP contribution is 2.12. The van der Waals surface area contributed by atoms with Gasteiger partial charge in [0, 0.05) is 7.11 Å². The Balaban J connectivity index is 2.58. The second kappa shape index (κ2) is 6.37. The molecular formula is C13H18O4. The molecule has 0 fully saturated rings. The maximum atomic E-state index is 11.7. The van der Waals surface area contributed by atoms with Crippen molar-refractivity contribution in [1.82, 2.24) is 0 Å². The number of rotatable bonds is 5. The summed E-state index contributed by atoms with van der Waals surface area (Å²) in [7, 11) is 1.56. The quantitative estimate of drug-likeness (QED) is 0.583. The molecule has 4 heteroatoms. The highest BCUT2D eigenvalue weighted by Gasteiger charge is 2.13. The third-order valence-electron chi connectivity index (χ3n) is 2.29. The number of benzene rings is 1. The van der Waals surface area contributed by atoms with E-state index in [1.807, 2.05) is 26.0 Å². The SMILES string of the molecule is COCC(C)OOC(=O)c1ccc(C)cc1C. The molecule has 1 aromatic rings. The minimum Gasteiger partial charge on any atom is -0.382 e. The Hall–Kier alpha value is -1.39. The smallest absolute Gasteiger partial charge is 0.373 e. The highest BCUT2D eigenvalue weighted by atomic mass is 17.2. The maximum Gasteiger partial charge on any atom is 0.373 e. The molecule has 1 rings (SSSR count). The van der Waals surface area contributed by atoms with E-state index >= 15 is 0 Å². The van der Waals surface area contributed by atoms with Gasteiger partial charge in [-0.3, -0.25) is 4.89 Å². The Kier molecular flexibility index (Phi) is 5.12. The van der Waals surface area contributed by atoms with Gasteiger partial charge in [-0.05, 0) is 32.4 Å². The summed E-state index contributed by atoms with van der Waals surface area (Å²) in [6.07, 6.45) is -0.283. The minimum absolute atomic E-state index is 0.283. The van der Waals surface area contributed by atoms with Gasteiger partial charge in [-0.1, -0.05) is 17.7 Å². The Bertz CT molecular complexity index is 387. The zero-order valence-electron chi connectivity index (χ0n) is 10.6. The lowest BCUT2D eigenvalue weighted by Gasteiger charge is -2.11. The van der Waals surface area contributed by atoms with Crippen LogP contribution >= 0.6 is 0 Å². The summed E-state index contributed by atoms with van der Waals surface area (Å²) in [6, 6.07) is 5.52. The summed E-state index contributed by atoms with van der Waals surface area (Å²) in [5.41, 5.74) is 2.49. The van der Waals surface area contributed by atoms with Crippen molar-refractivity contribution in [2.24, 2.45) is 0 Å². The summed E-state index contributed by atoms with van der Waals surface area (Å²) in [4.78, 5) is 21.4. The molecule has 0 spiro atoms. The van der Waals surface area contributed by atoms with E-state index in [-0.39, 0.29) is 6.10 Å². The molecule has 1 atom stereocenters. The normalized spacial score (nSPS) is 12.2. The molecule has 17 heavy (non-hydrogen) atoms. The molecule has 0 bridgehead atoms. The summed E-state index contributed by atoms with van der Waals surface area (Å²) in [5, 5.41) is 0. The molecule has 94 valence electrons. The molecule has 0 aliphatic rings. The second-order valence-electron chi connectivity index (χ2n) is 4.05. The van der Waals surface area contributed by atoms with E-state index in [4.69, 9.17) is 14.5 Å². The second-order valence-corrected chi connectivity index (χ2v) is 4.05. The summed E-state index contributed by atoms with van der Waals surface area (Å²) >= 11 is 0. The van der Waals surface area contributed by atoms with Crippen LogP contribution in [0.4, 0.5) is 0 Å². The predicted octanol–water partition coefficient (Wildman–Crippen LogP) is 2.43. The van der Waals surface area contributed by atoms with Gasteiger partial charge in [0.15, 0.2) is 0 Å². The van der Waals surface area contributed by atoms with Crippen molar-refractivity contribution in [3.63, 3.8) is 0 Å². The molecule has 0 heterocycles. The Labute approximate surface area is 101 Å². The van der Waals surface area contributed by atoms with Crippen LogP contribution in [-0.4, -0.2) is 25.8 Å². The van der Waals surface area contributed by atoms with Crippen molar-refractivity contribution < 1.29 is 19.3 Å². The van der Waals surface area contributed by atoms with E-state index in [2.05, 4.69) is 0 Å². The molecule has 4 nitrogen and oxygen atoms in total. The molecule has 1 unspecified atom stereocenters. The number of carbonyl (C=O) groups excluding carboxylic acids is 1. The Morgan fingerprint density at radius 1 is 1.35 bits per heavy atom. The molecule has 0 saturated heterocycles. The lowest BCUT2D eigenvalue weighted by molar-refractivity contribution is -0.276. The number of aryl methyl sites for hydroxylation is 2. The predicted molar refractivity (Wildman–Crippen MR) is 63.8 cm³/mol. The van der Waals surface area contributed by atoms with Crippen LogP contribution in [0.1, 0.15) is 28.4 Å². The Morgan fingerprint density at radius 3 is 2.65 bits per heavy atom. The van der Waals surface area contributed by atoms with Crippen LogP contribution in [0.15, 0.2) is 18.2 Å². The Morgan fingerprint density at radius 2 is 2.06 bits per heavy atom. The number of hydrogen-bond donors (Lipinski definition) is 0. The van der Waals surface area contributed by atoms with Gasteiger partial charge in [0.25, 0.3) is 0 Å². The molecule has 0 N–H and O–H groups in total. The summed E-state index contributed by atoms with van der Waals surface area (Å²) in [6.45, 7) is 5.97. The van der Waals surface area contributed by atoms with E-state index in [9.17, 15) is 4.79 Å². The van der Waals surface area contributed by atoms with Gasteiger partial charge in [-0.25, -0.2) is 4.79 Å². The third kappa shape index (κ3) is 4.17. The van der Waals surface area contributed by atoms with Gasteiger partial charge < -0.3 is 4.74 Å². The fourth-order valence-corrected chi connectivity index (χ4v) is 1.48. The molecule has 0 radical (unpaired) electrons. The van der Waals surface area contributed by atoms with Crippen molar-refractivity contribution in [3.8, 4) is 0 Å². The average molecular weight is 238 g/mol. The monoisotopic (exact) mass is 238 g/mol. The standard InChI is InChI=1S/C13H18O4/c1-9-5-6-12(10(2)7-9)13(14)17-16-11(3)8-15-4/h5-7,11H,8H2,1-4H3. The minimum atomic E-state index is -0.481. The van der Waals surface area contributed by atoms with Gasteiger partial charge >= 0.3 is 5.97 Å². The third-order valence-corrected chi connectivity index (χ3v) is 2.29. The van der Waals surface area contributed by atoms with Crippen molar-refractivity contribution in [1.29, 1.82) is 0 Å². The van der Waals surface area contributed by atoms with Crippen molar-refractivity contribution in [2.45, 2.75) is 26.9 Å². The van der Waals surface area contributed by atoms with Crippen molar-refractivity contribution in [3.05, 3.63) is 34.9 Å². The maximum absolute atomic E-state index is 11.7. The highest BCUT2D eigenvalue weighted by molar-refractivity contribution is 5.90. The zero-order chi connectivity index (χ0) is 12.8. The average Bonchev–Trinajstić information content (AvgIpc) is 2.26. The molecular weight excluding hydrogens is 220 g/mol. The van der Waals surface area contributed by atoms with Crippen molar-refractivity contribution >= 4 is 5.97 Å². The molecule has 0 saturated carbocycles. The summed E-state index contributed by atoms with van der Waals surface area (Å²) in [5.74, 6) is -0.481. The first-order valence-electron chi connectivity index (χ1n) is 5.48. The molecule has 0 aromatic heterocycles. The molecule has 0 amide bonds. The van der Waals surface area contributed by atoms with Gasteiger partial charge in [-0.2, -0.15) is 4.89 Å². The first-order chi connectivity index (χ1) is 8.04. The number of ether oxygens (including phenoxy) is 1. The number of carbonyl (C=O) groups is 1. The van der Waals surface area contributed by atoms with Crippen LogP contribution in [0.5, 0.6) is 0 Å². The van der Waals surface area contributed by atoms with Crippen LogP contribution in [0.2, 0.25) is 0 Å². The lowest BCUT2D eigenvalue weighted by atomic mass is 10.1. The molecule has 0 aliphatic carbocycles. The molecule has 1 aromatic carbocycles. The number of methoxy groups -OCH3 is 1.